The van der Waals surface area contributed by atoms with E-state index in [4.69, 9.17) is 10.5 Å². The number of nitrogens with zero attached hydrogens (tertiary/aromatic N) is 1. The molecule has 1 fully saturated rings. The van der Waals surface area contributed by atoms with Gasteiger partial charge in [0.1, 0.15) is 6.61 Å². The van der Waals surface area contributed by atoms with Gasteiger partial charge < -0.3 is 15.2 Å². The van der Waals surface area contributed by atoms with Crippen molar-refractivity contribution in [2.75, 3.05) is 39.4 Å². The Hall–Kier alpha value is -0.370. The molecule has 0 aromatic rings. The minimum atomic E-state index is -4.26. The fourth-order valence-corrected chi connectivity index (χ4v) is 2.09. The molecule has 108 valence electrons. The van der Waals surface area contributed by atoms with E-state index in [-0.39, 0.29) is 18.3 Å². The third-order valence-corrected chi connectivity index (χ3v) is 2.63. The van der Waals surface area contributed by atoms with Crippen LogP contribution >= 0.6 is 0 Å². The standard InChI is InChI=1S/C11H21F3N2O2/c1-10(2)7-16(6-9(5-15)18-10)3-4-17-8-11(12,13)14/h9H,3-8,15H2,1-2H3. The van der Waals surface area contributed by atoms with Crippen LogP contribution in [0.1, 0.15) is 13.8 Å². The van der Waals surface area contributed by atoms with Gasteiger partial charge in [-0.25, -0.2) is 0 Å². The van der Waals surface area contributed by atoms with Gasteiger partial charge >= 0.3 is 6.18 Å². The van der Waals surface area contributed by atoms with Crippen LogP contribution in [-0.2, 0) is 9.47 Å². The van der Waals surface area contributed by atoms with Crippen molar-refractivity contribution in [1.82, 2.24) is 4.90 Å². The maximum atomic E-state index is 11.9. The molecule has 1 atom stereocenters. The predicted molar refractivity (Wildman–Crippen MR) is 61.3 cm³/mol. The lowest BCUT2D eigenvalue weighted by Crippen LogP contribution is -2.55. The monoisotopic (exact) mass is 270 g/mol. The first-order chi connectivity index (χ1) is 8.22. The Balaban J connectivity index is 2.29. The summed E-state index contributed by atoms with van der Waals surface area (Å²) in [6.45, 7) is 4.92. The zero-order valence-corrected chi connectivity index (χ0v) is 10.8. The molecule has 18 heavy (non-hydrogen) atoms. The van der Waals surface area contributed by atoms with E-state index in [1.807, 2.05) is 18.7 Å². The van der Waals surface area contributed by atoms with Gasteiger partial charge in [0.15, 0.2) is 0 Å². The second-order valence-corrected chi connectivity index (χ2v) is 5.14. The fraction of sp³-hybridized carbons (Fsp3) is 1.00. The van der Waals surface area contributed by atoms with E-state index in [0.717, 1.165) is 0 Å². The smallest absolute Gasteiger partial charge is 0.371 e. The summed E-state index contributed by atoms with van der Waals surface area (Å²) in [5.74, 6) is 0. The molecule has 1 saturated heterocycles. The van der Waals surface area contributed by atoms with Gasteiger partial charge in [0, 0.05) is 26.2 Å². The van der Waals surface area contributed by atoms with Crippen molar-refractivity contribution in [3.05, 3.63) is 0 Å². The van der Waals surface area contributed by atoms with Crippen molar-refractivity contribution in [2.24, 2.45) is 5.73 Å². The van der Waals surface area contributed by atoms with Gasteiger partial charge in [-0.2, -0.15) is 13.2 Å². The Morgan fingerprint density at radius 1 is 1.44 bits per heavy atom. The molecule has 7 heteroatoms. The molecule has 0 aromatic heterocycles. The number of rotatable bonds is 5. The molecular weight excluding hydrogens is 249 g/mol. The highest BCUT2D eigenvalue weighted by Crippen LogP contribution is 2.20. The van der Waals surface area contributed by atoms with Crippen LogP contribution in [0.2, 0.25) is 0 Å². The Bertz CT molecular complexity index is 259. The Morgan fingerprint density at radius 3 is 2.67 bits per heavy atom. The summed E-state index contributed by atoms with van der Waals surface area (Å²) < 4.78 is 46.0. The lowest BCUT2D eigenvalue weighted by Gasteiger charge is -2.42. The van der Waals surface area contributed by atoms with Gasteiger partial charge in [-0.05, 0) is 13.8 Å². The van der Waals surface area contributed by atoms with Gasteiger partial charge in [-0.1, -0.05) is 0 Å². The van der Waals surface area contributed by atoms with Gasteiger partial charge in [-0.3, -0.25) is 4.90 Å². The van der Waals surface area contributed by atoms with Crippen LogP contribution in [0.15, 0.2) is 0 Å². The largest absolute Gasteiger partial charge is 0.411 e. The van der Waals surface area contributed by atoms with Crippen molar-refractivity contribution < 1.29 is 22.6 Å². The number of ether oxygens (including phenoxy) is 2. The van der Waals surface area contributed by atoms with Crippen LogP contribution in [0, 0.1) is 0 Å². The normalized spacial score (nSPS) is 25.3. The second kappa shape index (κ2) is 6.18. The summed E-state index contributed by atoms with van der Waals surface area (Å²) in [6, 6.07) is 0. The zero-order chi connectivity index (χ0) is 13.8. The quantitative estimate of drug-likeness (QED) is 0.757. The summed E-state index contributed by atoms with van der Waals surface area (Å²) in [7, 11) is 0. The maximum Gasteiger partial charge on any atom is 0.411 e. The lowest BCUT2D eigenvalue weighted by atomic mass is 10.1. The average molecular weight is 270 g/mol. The van der Waals surface area contributed by atoms with E-state index in [2.05, 4.69) is 4.74 Å². The van der Waals surface area contributed by atoms with E-state index < -0.39 is 12.8 Å². The zero-order valence-electron chi connectivity index (χ0n) is 10.8. The van der Waals surface area contributed by atoms with Crippen molar-refractivity contribution in [3.8, 4) is 0 Å². The molecule has 1 heterocycles. The van der Waals surface area contributed by atoms with E-state index >= 15 is 0 Å². The number of morpholine rings is 1. The first-order valence-electron chi connectivity index (χ1n) is 5.96. The van der Waals surface area contributed by atoms with Crippen molar-refractivity contribution in [2.45, 2.75) is 31.7 Å². The number of hydrogen-bond acceptors (Lipinski definition) is 4. The van der Waals surface area contributed by atoms with Crippen LogP contribution in [0.25, 0.3) is 0 Å². The van der Waals surface area contributed by atoms with Crippen molar-refractivity contribution in [3.63, 3.8) is 0 Å². The minimum absolute atomic E-state index is 0.0624. The highest BCUT2D eigenvalue weighted by molar-refractivity contribution is 4.84. The molecule has 1 aliphatic rings. The van der Waals surface area contributed by atoms with Crippen LogP contribution < -0.4 is 5.73 Å². The maximum absolute atomic E-state index is 11.9. The molecule has 2 N–H and O–H groups in total. The molecule has 0 spiro atoms. The van der Waals surface area contributed by atoms with E-state index in [1.165, 1.54) is 0 Å². The van der Waals surface area contributed by atoms with Crippen molar-refractivity contribution in [1.29, 1.82) is 0 Å². The van der Waals surface area contributed by atoms with Crippen molar-refractivity contribution >= 4 is 0 Å². The van der Waals surface area contributed by atoms with Crippen LogP contribution in [0.4, 0.5) is 13.2 Å². The van der Waals surface area contributed by atoms with E-state index in [1.54, 1.807) is 0 Å². The highest BCUT2D eigenvalue weighted by atomic mass is 19.4. The van der Waals surface area contributed by atoms with E-state index in [0.29, 0.717) is 26.2 Å². The summed E-state index contributed by atoms with van der Waals surface area (Å²) in [5.41, 5.74) is 5.24. The fourth-order valence-electron chi connectivity index (χ4n) is 2.09. The third kappa shape index (κ3) is 5.99. The molecule has 1 unspecified atom stereocenters. The number of alkyl halides is 3. The minimum Gasteiger partial charge on any atom is -0.371 e. The molecular formula is C11H21F3N2O2. The van der Waals surface area contributed by atoms with Gasteiger partial charge in [0.2, 0.25) is 0 Å². The molecule has 0 aliphatic carbocycles. The van der Waals surface area contributed by atoms with Crippen LogP contribution in [-0.4, -0.2) is 62.2 Å². The SMILES string of the molecule is CC1(C)CN(CCOCC(F)(F)F)CC(CN)O1. The second-order valence-electron chi connectivity index (χ2n) is 5.14. The first-order valence-corrected chi connectivity index (χ1v) is 5.96. The number of hydrogen-bond donors (Lipinski definition) is 1. The molecule has 4 nitrogen and oxygen atoms in total. The number of nitrogens with two attached hydrogens (primary N) is 1. The highest BCUT2D eigenvalue weighted by Gasteiger charge is 2.32. The molecule has 0 radical (unpaired) electrons. The average Bonchev–Trinajstić information content (AvgIpc) is 2.21. The van der Waals surface area contributed by atoms with Gasteiger partial charge in [0.05, 0.1) is 18.3 Å². The first kappa shape index (κ1) is 15.7. The topological polar surface area (TPSA) is 47.7 Å². The molecule has 1 aliphatic heterocycles. The lowest BCUT2D eigenvalue weighted by molar-refractivity contribution is -0.178. The number of halogens is 3. The Kier molecular flexibility index (Phi) is 5.39. The van der Waals surface area contributed by atoms with Gasteiger partial charge in [-0.15, -0.1) is 0 Å². The molecule has 1 rings (SSSR count). The van der Waals surface area contributed by atoms with Crippen LogP contribution in [0.5, 0.6) is 0 Å². The summed E-state index contributed by atoms with van der Waals surface area (Å²) in [6.07, 6.45) is -4.33. The third-order valence-electron chi connectivity index (χ3n) is 2.63. The van der Waals surface area contributed by atoms with Gasteiger partial charge in [0.25, 0.3) is 0 Å². The predicted octanol–water partition coefficient (Wildman–Crippen LogP) is 1.00. The molecule has 0 saturated carbocycles. The summed E-state index contributed by atoms with van der Waals surface area (Å²) in [4.78, 5) is 2.03. The van der Waals surface area contributed by atoms with E-state index in [9.17, 15) is 13.2 Å². The Labute approximate surface area is 105 Å². The van der Waals surface area contributed by atoms with Crippen LogP contribution in [0.3, 0.4) is 0 Å². The molecule has 0 bridgehead atoms. The molecule has 0 amide bonds. The summed E-state index contributed by atoms with van der Waals surface area (Å²) >= 11 is 0. The summed E-state index contributed by atoms with van der Waals surface area (Å²) in [5, 5.41) is 0. The molecule has 0 aromatic carbocycles. The Morgan fingerprint density at radius 2 is 2.11 bits per heavy atom.